The summed E-state index contributed by atoms with van der Waals surface area (Å²) in [5, 5.41) is 26.1. The van der Waals surface area contributed by atoms with E-state index in [1.807, 2.05) is 13.8 Å². The molecule has 8 heteroatoms. The summed E-state index contributed by atoms with van der Waals surface area (Å²) in [6, 6.07) is 1.96. The molecule has 136 valence electrons. The summed E-state index contributed by atoms with van der Waals surface area (Å²) in [6.07, 6.45) is 2.19. The third-order valence-corrected chi connectivity index (χ3v) is 4.66. The minimum atomic E-state index is -1.16. The first kappa shape index (κ1) is 17.6. The number of likely N-dealkylation sites (tertiary alicyclic amines) is 1. The predicted octanol–water partition coefficient (Wildman–Crippen LogP) is 1.61. The maximum absolute atomic E-state index is 12.7. The van der Waals surface area contributed by atoms with Crippen LogP contribution < -0.4 is 0 Å². The Morgan fingerprint density at radius 2 is 2.12 bits per heavy atom. The van der Waals surface area contributed by atoms with Crippen molar-refractivity contribution in [3.8, 4) is 0 Å². The molecule has 0 aliphatic carbocycles. The molecule has 1 amide bonds. The van der Waals surface area contributed by atoms with Gasteiger partial charge in [0.15, 0.2) is 0 Å². The normalized spacial score (nSPS) is 21.3. The molecule has 1 fully saturated rings. The van der Waals surface area contributed by atoms with Crippen LogP contribution in [0.25, 0.3) is 0 Å². The predicted molar refractivity (Wildman–Crippen MR) is 92.1 cm³/mol. The van der Waals surface area contributed by atoms with Gasteiger partial charge in [0.25, 0.3) is 5.91 Å². The lowest BCUT2D eigenvalue weighted by molar-refractivity contribution is 0.0380. The van der Waals surface area contributed by atoms with Crippen molar-refractivity contribution in [1.29, 1.82) is 0 Å². The summed E-state index contributed by atoms with van der Waals surface area (Å²) in [4.78, 5) is 14.3. The van der Waals surface area contributed by atoms with E-state index in [-0.39, 0.29) is 23.9 Å². The van der Waals surface area contributed by atoms with Crippen LogP contribution in [0.15, 0.2) is 12.3 Å². The third-order valence-electron chi connectivity index (χ3n) is 4.66. The molecule has 0 bridgehead atoms. The maximum atomic E-state index is 12.7. The van der Waals surface area contributed by atoms with Crippen molar-refractivity contribution in [2.24, 2.45) is 0 Å². The van der Waals surface area contributed by atoms with E-state index >= 15 is 0 Å². The van der Waals surface area contributed by atoms with Crippen LogP contribution in [0.4, 0.5) is 0 Å². The number of hydrogen-bond acceptors (Lipinski definition) is 5. The highest BCUT2D eigenvalue weighted by molar-refractivity contribution is 5.92. The summed E-state index contributed by atoms with van der Waals surface area (Å²) in [6.45, 7) is 10.8. The van der Waals surface area contributed by atoms with E-state index in [1.165, 1.54) is 0 Å². The number of aliphatic hydroxyl groups is 1. The number of carbonyl (C=O) groups is 1. The van der Waals surface area contributed by atoms with Crippen molar-refractivity contribution in [1.82, 2.24) is 30.1 Å². The second-order valence-electron chi connectivity index (χ2n) is 8.10. The van der Waals surface area contributed by atoms with Gasteiger partial charge in [-0.2, -0.15) is 5.10 Å². The van der Waals surface area contributed by atoms with Crippen LogP contribution in [-0.4, -0.2) is 54.2 Å². The van der Waals surface area contributed by atoms with E-state index in [1.54, 1.807) is 21.8 Å². The van der Waals surface area contributed by atoms with E-state index in [0.717, 1.165) is 5.69 Å². The Bertz CT molecular complexity index is 772. The Morgan fingerprint density at radius 1 is 1.40 bits per heavy atom. The molecule has 25 heavy (non-hydrogen) atoms. The molecule has 0 spiro atoms. The number of aromatic amines is 1. The van der Waals surface area contributed by atoms with Gasteiger partial charge in [-0.05, 0) is 19.9 Å². The Balaban J connectivity index is 1.75. The number of β-amino-alcohol motifs (C(OH)–C–C–N with tert-alkyl or cyclic N) is 1. The molecule has 2 aromatic rings. The molecule has 0 saturated carbocycles. The average molecular weight is 346 g/mol. The van der Waals surface area contributed by atoms with Crippen LogP contribution in [0.3, 0.4) is 0 Å². The molecule has 3 rings (SSSR count). The molecule has 8 nitrogen and oxygen atoms in total. The Hall–Kier alpha value is -2.22. The van der Waals surface area contributed by atoms with E-state index in [9.17, 15) is 9.90 Å². The monoisotopic (exact) mass is 346 g/mol. The zero-order valence-electron chi connectivity index (χ0n) is 15.4. The van der Waals surface area contributed by atoms with Crippen molar-refractivity contribution in [2.45, 2.75) is 58.1 Å². The van der Waals surface area contributed by atoms with Gasteiger partial charge in [-0.3, -0.25) is 9.89 Å². The molecule has 0 unspecified atom stereocenters. The van der Waals surface area contributed by atoms with Gasteiger partial charge in [-0.15, -0.1) is 5.10 Å². The lowest BCUT2D eigenvalue weighted by Gasteiger charge is -2.20. The SMILES string of the molecule is CC(C)n1cc([C@]2(O)CCN(C(=O)c3cc(C(C)(C)C)[nH]n3)C2)nn1. The van der Waals surface area contributed by atoms with Gasteiger partial charge in [-0.1, -0.05) is 26.0 Å². The molecule has 0 radical (unpaired) electrons. The van der Waals surface area contributed by atoms with E-state index in [4.69, 9.17) is 0 Å². The molecular formula is C17H26N6O2. The summed E-state index contributed by atoms with van der Waals surface area (Å²) < 4.78 is 1.71. The first-order valence-electron chi connectivity index (χ1n) is 8.60. The van der Waals surface area contributed by atoms with Crippen LogP contribution in [0, 0.1) is 0 Å². The van der Waals surface area contributed by atoms with Crippen LogP contribution in [-0.2, 0) is 11.0 Å². The highest BCUT2D eigenvalue weighted by Gasteiger charge is 2.42. The second kappa shape index (κ2) is 5.94. The lowest BCUT2D eigenvalue weighted by Crippen LogP contribution is -2.34. The van der Waals surface area contributed by atoms with Crippen LogP contribution in [0.1, 0.15) is 69.0 Å². The Labute approximate surface area is 147 Å². The Morgan fingerprint density at radius 3 is 2.68 bits per heavy atom. The van der Waals surface area contributed by atoms with Gasteiger partial charge in [0, 0.05) is 30.1 Å². The van der Waals surface area contributed by atoms with Crippen molar-refractivity contribution in [2.75, 3.05) is 13.1 Å². The molecule has 3 heterocycles. The fraction of sp³-hybridized carbons (Fsp3) is 0.647. The summed E-state index contributed by atoms with van der Waals surface area (Å²) in [7, 11) is 0. The number of carbonyl (C=O) groups excluding carboxylic acids is 1. The number of nitrogens with one attached hydrogen (secondary N) is 1. The topological polar surface area (TPSA) is 99.9 Å². The minimum Gasteiger partial charge on any atom is -0.381 e. The van der Waals surface area contributed by atoms with Crippen LogP contribution >= 0.6 is 0 Å². The van der Waals surface area contributed by atoms with Crippen molar-refractivity contribution >= 4 is 5.91 Å². The van der Waals surface area contributed by atoms with Crippen molar-refractivity contribution in [3.05, 3.63) is 29.3 Å². The molecule has 1 atom stereocenters. The highest BCUT2D eigenvalue weighted by Crippen LogP contribution is 2.32. The average Bonchev–Trinajstić information content (AvgIpc) is 3.25. The van der Waals surface area contributed by atoms with E-state index in [0.29, 0.717) is 24.4 Å². The first-order valence-corrected chi connectivity index (χ1v) is 8.60. The minimum absolute atomic E-state index is 0.105. The molecule has 2 N–H and O–H groups in total. The number of aromatic nitrogens is 5. The fourth-order valence-corrected chi connectivity index (χ4v) is 2.90. The number of nitrogens with zero attached hydrogens (tertiary/aromatic N) is 5. The van der Waals surface area contributed by atoms with Gasteiger partial charge in [-0.25, -0.2) is 4.68 Å². The van der Waals surface area contributed by atoms with Crippen LogP contribution in [0.2, 0.25) is 0 Å². The zero-order valence-corrected chi connectivity index (χ0v) is 15.4. The summed E-state index contributed by atoms with van der Waals surface area (Å²) in [5.41, 5.74) is 0.526. The molecule has 1 aliphatic heterocycles. The third kappa shape index (κ3) is 3.30. The standard InChI is InChI=1S/C17H26N6O2/c1-11(2)23-9-14(20-21-23)17(25)6-7-22(10-17)15(24)12-8-13(19-18-12)16(3,4)5/h8-9,11,25H,6-7,10H2,1-5H3,(H,18,19)/t17-/m0/s1. The zero-order chi connectivity index (χ0) is 18.4. The molecular weight excluding hydrogens is 320 g/mol. The molecule has 1 saturated heterocycles. The number of hydrogen-bond donors (Lipinski definition) is 2. The molecule has 0 aromatic carbocycles. The Kier molecular flexibility index (Phi) is 4.18. The number of amides is 1. The number of H-pyrrole nitrogens is 1. The van der Waals surface area contributed by atoms with Crippen molar-refractivity contribution in [3.63, 3.8) is 0 Å². The highest BCUT2D eigenvalue weighted by atomic mass is 16.3. The summed E-state index contributed by atoms with van der Waals surface area (Å²) >= 11 is 0. The lowest BCUT2D eigenvalue weighted by atomic mass is 9.92. The first-order chi connectivity index (χ1) is 11.6. The van der Waals surface area contributed by atoms with E-state index in [2.05, 4.69) is 41.3 Å². The fourth-order valence-electron chi connectivity index (χ4n) is 2.90. The number of rotatable bonds is 3. The van der Waals surface area contributed by atoms with Gasteiger partial charge >= 0.3 is 0 Å². The largest absolute Gasteiger partial charge is 0.381 e. The van der Waals surface area contributed by atoms with Crippen LogP contribution in [0.5, 0.6) is 0 Å². The quantitative estimate of drug-likeness (QED) is 0.879. The van der Waals surface area contributed by atoms with Crippen molar-refractivity contribution < 1.29 is 9.90 Å². The summed E-state index contributed by atoms with van der Waals surface area (Å²) in [5.74, 6) is -0.182. The molecule has 1 aliphatic rings. The van der Waals surface area contributed by atoms with Gasteiger partial charge in [0.05, 0.1) is 12.7 Å². The van der Waals surface area contributed by atoms with Gasteiger partial charge in [0.1, 0.15) is 17.0 Å². The second-order valence-corrected chi connectivity index (χ2v) is 8.10. The smallest absolute Gasteiger partial charge is 0.274 e. The molecule has 2 aromatic heterocycles. The van der Waals surface area contributed by atoms with Gasteiger partial charge in [0.2, 0.25) is 0 Å². The van der Waals surface area contributed by atoms with Gasteiger partial charge < -0.3 is 10.0 Å². The maximum Gasteiger partial charge on any atom is 0.274 e. The van der Waals surface area contributed by atoms with E-state index < -0.39 is 5.60 Å².